The van der Waals surface area contributed by atoms with Crippen molar-refractivity contribution in [2.24, 2.45) is 17.8 Å². The van der Waals surface area contributed by atoms with Crippen LogP contribution in [0, 0.1) is 31.6 Å². The monoisotopic (exact) mass is 561 g/mol. The maximum Gasteiger partial charge on any atom is 0.490 e. The summed E-state index contributed by atoms with van der Waals surface area (Å²) in [5, 5.41) is 10.4. The summed E-state index contributed by atoms with van der Waals surface area (Å²) in [5.41, 5.74) is 4.17. The maximum atomic E-state index is 13.2. The van der Waals surface area contributed by atoms with Gasteiger partial charge in [-0.25, -0.2) is 4.79 Å². The molecule has 0 aromatic heterocycles. The van der Waals surface area contributed by atoms with Gasteiger partial charge in [0.05, 0.1) is 6.04 Å². The smallest absolute Gasteiger partial charge is 0.475 e. The van der Waals surface area contributed by atoms with Crippen LogP contribution < -0.4 is 5.32 Å². The van der Waals surface area contributed by atoms with Crippen LogP contribution in [0.3, 0.4) is 0 Å². The van der Waals surface area contributed by atoms with Crippen LogP contribution in [0.2, 0.25) is 0 Å². The molecule has 2 unspecified atom stereocenters. The number of rotatable bonds is 7. The van der Waals surface area contributed by atoms with Crippen molar-refractivity contribution in [2.75, 3.05) is 32.7 Å². The van der Waals surface area contributed by atoms with Gasteiger partial charge in [-0.15, -0.1) is 0 Å². The number of halogens is 3. The van der Waals surface area contributed by atoms with E-state index in [9.17, 15) is 22.8 Å². The number of likely N-dealkylation sites (tertiary alicyclic amines) is 2. The molecule has 2 aliphatic heterocycles. The Morgan fingerprint density at radius 2 is 1.45 bits per heavy atom. The number of nitrogens with one attached hydrogen (secondary N) is 1. The van der Waals surface area contributed by atoms with E-state index in [1.165, 1.54) is 0 Å². The molecule has 2 saturated heterocycles. The number of carbonyl (C=O) groups is 3. The van der Waals surface area contributed by atoms with Gasteiger partial charge < -0.3 is 20.2 Å². The van der Waals surface area contributed by atoms with Gasteiger partial charge >= 0.3 is 12.1 Å². The summed E-state index contributed by atoms with van der Waals surface area (Å²) in [5.74, 6) is -1.41. The van der Waals surface area contributed by atoms with Gasteiger partial charge in [0.25, 0.3) is 5.91 Å². The van der Waals surface area contributed by atoms with Crippen molar-refractivity contribution in [3.63, 3.8) is 0 Å². The van der Waals surface area contributed by atoms with Crippen molar-refractivity contribution >= 4 is 17.8 Å². The number of hydrogen-bond donors (Lipinski definition) is 2. The Morgan fingerprint density at radius 3 is 1.93 bits per heavy atom. The van der Waals surface area contributed by atoms with Crippen LogP contribution in [0.15, 0.2) is 48.5 Å². The second kappa shape index (κ2) is 13.3. The predicted octanol–water partition coefficient (Wildman–Crippen LogP) is 4.84. The molecule has 7 nitrogen and oxygen atoms in total. The van der Waals surface area contributed by atoms with Crippen LogP contribution in [0.1, 0.15) is 53.4 Å². The molecule has 10 heteroatoms. The Labute approximate surface area is 233 Å². The zero-order chi connectivity index (χ0) is 29.6. The summed E-state index contributed by atoms with van der Waals surface area (Å²) in [6, 6.07) is 16.4. The van der Waals surface area contributed by atoms with E-state index in [1.807, 2.05) is 64.1 Å². The molecule has 3 atom stereocenters. The van der Waals surface area contributed by atoms with Crippen LogP contribution in [0.25, 0.3) is 0 Å². The van der Waals surface area contributed by atoms with Crippen molar-refractivity contribution in [1.82, 2.24) is 15.1 Å². The topological polar surface area (TPSA) is 90.0 Å². The predicted molar refractivity (Wildman–Crippen MR) is 146 cm³/mol. The number of nitrogens with zero attached hydrogens (tertiary/aromatic N) is 2. The highest BCUT2D eigenvalue weighted by Crippen LogP contribution is 2.33. The first-order chi connectivity index (χ1) is 18.8. The van der Waals surface area contributed by atoms with Gasteiger partial charge in [-0.2, -0.15) is 13.2 Å². The molecule has 2 fully saturated rings. The number of carboxylic acid groups (broad SMARTS) is 1. The van der Waals surface area contributed by atoms with E-state index in [0.717, 1.165) is 61.4 Å². The number of aryl methyl sites for hydroxylation is 2. The van der Waals surface area contributed by atoms with Gasteiger partial charge in [-0.1, -0.05) is 62.4 Å². The fourth-order valence-corrected chi connectivity index (χ4v) is 5.41. The molecular formula is C30H38F3N3O4. The van der Waals surface area contributed by atoms with E-state index in [0.29, 0.717) is 11.8 Å². The van der Waals surface area contributed by atoms with Gasteiger partial charge in [0, 0.05) is 44.2 Å². The van der Waals surface area contributed by atoms with E-state index in [-0.39, 0.29) is 23.8 Å². The highest BCUT2D eigenvalue weighted by molar-refractivity contribution is 5.97. The summed E-state index contributed by atoms with van der Waals surface area (Å²) < 4.78 is 31.7. The summed E-state index contributed by atoms with van der Waals surface area (Å²) in [4.78, 5) is 39.1. The molecule has 2 N–H and O–H groups in total. The van der Waals surface area contributed by atoms with E-state index >= 15 is 0 Å². The minimum atomic E-state index is -5.08. The van der Waals surface area contributed by atoms with E-state index in [2.05, 4.69) is 27.2 Å². The quantitative estimate of drug-likeness (QED) is 0.505. The summed E-state index contributed by atoms with van der Waals surface area (Å²) in [7, 11) is 0. The molecule has 0 spiro atoms. The molecule has 0 bridgehead atoms. The van der Waals surface area contributed by atoms with Crippen molar-refractivity contribution < 1.29 is 32.7 Å². The van der Waals surface area contributed by atoms with Crippen LogP contribution in [-0.2, 0) is 9.59 Å². The Bertz CT molecular complexity index is 1150. The number of aliphatic carboxylic acids is 1. The largest absolute Gasteiger partial charge is 0.490 e. The number of hydrogen-bond acceptors (Lipinski definition) is 4. The molecular weight excluding hydrogens is 523 g/mol. The lowest BCUT2D eigenvalue weighted by Crippen LogP contribution is -2.36. The first-order valence-electron chi connectivity index (χ1n) is 13.5. The van der Waals surface area contributed by atoms with Crippen LogP contribution in [-0.4, -0.2) is 71.6 Å². The van der Waals surface area contributed by atoms with Crippen molar-refractivity contribution in [1.29, 1.82) is 0 Å². The average Bonchev–Trinajstić information content (AvgIpc) is 3.45. The summed E-state index contributed by atoms with van der Waals surface area (Å²) in [6.07, 6.45) is -4.19. The van der Waals surface area contributed by atoms with Crippen molar-refractivity contribution in [2.45, 2.75) is 46.3 Å². The van der Waals surface area contributed by atoms with Crippen molar-refractivity contribution in [3.05, 3.63) is 70.8 Å². The fourth-order valence-electron chi connectivity index (χ4n) is 5.41. The first kappa shape index (κ1) is 31.1. The zero-order valence-corrected chi connectivity index (χ0v) is 23.4. The van der Waals surface area contributed by atoms with E-state index in [1.54, 1.807) is 0 Å². The number of alkyl halides is 3. The molecule has 218 valence electrons. The molecule has 2 amide bonds. The van der Waals surface area contributed by atoms with Gasteiger partial charge in [0.2, 0.25) is 5.91 Å². The molecule has 2 aliphatic rings. The lowest BCUT2D eigenvalue weighted by Gasteiger charge is -2.25. The van der Waals surface area contributed by atoms with Crippen molar-refractivity contribution in [3.8, 4) is 0 Å². The molecule has 40 heavy (non-hydrogen) atoms. The third kappa shape index (κ3) is 8.06. The first-order valence-corrected chi connectivity index (χ1v) is 13.5. The van der Waals surface area contributed by atoms with Gasteiger partial charge in [-0.3, -0.25) is 9.59 Å². The van der Waals surface area contributed by atoms with Gasteiger partial charge in [0.15, 0.2) is 0 Å². The molecule has 0 aliphatic carbocycles. The highest BCUT2D eigenvalue weighted by atomic mass is 19.4. The summed E-state index contributed by atoms with van der Waals surface area (Å²) in [6.45, 7) is 12.6. The van der Waals surface area contributed by atoms with Crippen LogP contribution in [0.4, 0.5) is 13.2 Å². The maximum absolute atomic E-state index is 13.2. The SMILES string of the molecule is Cc1cccc(C)c1C(=O)N1CC2CN(CCC(NC(=O)C(C)C)c3ccccc3)C[C@H]2C1.O=C(O)C(F)(F)F. The molecule has 2 aromatic carbocycles. The number of fused-ring (bicyclic) bond motifs is 1. The third-order valence-electron chi connectivity index (χ3n) is 7.56. The zero-order valence-electron chi connectivity index (χ0n) is 23.4. The van der Waals surface area contributed by atoms with Crippen LogP contribution in [0.5, 0.6) is 0 Å². The van der Waals surface area contributed by atoms with Gasteiger partial charge in [-0.05, 0) is 48.8 Å². The Balaban J connectivity index is 0.000000559. The minimum absolute atomic E-state index is 0.0252. The number of amides is 2. The summed E-state index contributed by atoms with van der Waals surface area (Å²) >= 11 is 0. The Hall–Kier alpha value is -3.40. The molecule has 4 rings (SSSR count). The average molecular weight is 562 g/mol. The van der Waals surface area contributed by atoms with E-state index in [4.69, 9.17) is 9.90 Å². The van der Waals surface area contributed by atoms with Crippen LogP contribution >= 0.6 is 0 Å². The highest BCUT2D eigenvalue weighted by Gasteiger charge is 2.42. The molecule has 0 radical (unpaired) electrons. The third-order valence-corrected chi connectivity index (χ3v) is 7.56. The lowest BCUT2D eigenvalue weighted by atomic mass is 10.0. The molecule has 0 saturated carbocycles. The Morgan fingerprint density at radius 1 is 0.925 bits per heavy atom. The second-order valence-electron chi connectivity index (χ2n) is 11.0. The molecule has 2 heterocycles. The number of benzene rings is 2. The standard InChI is InChI=1S/C28H37N3O2.C2HF3O2/c1-19(2)27(32)29-25(22-11-6-5-7-12-22)13-14-30-15-23-17-31(18-24(23)16-30)28(33)26-20(3)9-8-10-21(26)4;3-2(4,5)1(6)7/h5-12,19,23-25H,13-18H2,1-4H3,(H,29,32);(H,6,7)/t23-,24?,25?;/m0./s1. The number of carboxylic acids is 1. The van der Waals surface area contributed by atoms with Gasteiger partial charge in [0.1, 0.15) is 0 Å². The van der Waals surface area contributed by atoms with E-state index < -0.39 is 12.1 Å². The normalized spacial score (nSPS) is 19.6. The molecule has 2 aromatic rings. The second-order valence-corrected chi connectivity index (χ2v) is 11.0. The fraction of sp³-hybridized carbons (Fsp3) is 0.500. The minimum Gasteiger partial charge on any atom is -0.475 e. The lowest BCUT2D eigenvalue weighted by molar-refractivity contribution is -0.192. The Kier molecular flexibility index (Phi) is 10.4. The number of carbonyl (C=O) groups excluding carboxylic acids is 2.